The molecule has 1 aromatic carbocycles. The lowest BCUT2D eigenvalue weighted by Gasteiger charge is -2.09. The summed E-state index contributed by atoms with van der Waals surface area (Å²) < 4.78 is 1.64. The van der Waals surface area contributed by atoms with Crippen molar-refractivity contribution in [3.05, 3.63) is 42.2 Å². The summed E-state index contributed by atoms with van der Waals surface area (Å²) in [6.45, 7) is 2.72. The second-order valence-corrected chi connectivity index (χ2v) is 4.35. The van der Waals surface area contributed by atoms with Gasteiger partial charge in [-0.05, 0) is 24.6 Å². The van der Waals surface area contributed by atoms with Crippen LogP contribution >= 0.6 is 0 Å². The zero-order valence-corrected chi connectivity index (χ0v) is 11.2. The number of anilines is 1. The van der Waals surface area contributed by atoms with Crippen LogP contribution < -0.4 is 10.6 Å². The first-order chi connectivity index (χ1) is 9.65. The summed E-state index contributed by atoms with van der Waals surface area (Å²) in [7, 11) is 0. The quantitative estimate of drug-likeness (QED) is 0.763. The Balaban J connectivity index is 1.76. The number of urea groups is 1. The highest BCUT2D eigenvalue weighted by molar-refractivity contribution is 5.89. The number of aliphatic hydroxyl groups is 1. The van der Waals surface area contributed by atoms with Crippen LogP contribution in [0.5, 0.6) is 0 Å². The smallest absolute Gasteiger partial charge is 0.319 e. The van der Waals surface area contributed by atoms with E-state index in [1.165, 1.54) is 0 Å². The molecule has 0 fully saturated rings. The van der Waals surface area contributed by atoms with Gasteiger partial charge >= 0.3 is 6.03 Å². The van der Waals surface area contributed by atoms with Gasteiger partial charge in [-0.1, -0.05) is 17.3 Å². The van der Waals surface area contributed by atoms with Crippen molar-refractivity contribution < 1.29 is 9.90 Å². The summed E-state index contributed by atoms with van der Waals surface area (Å²) in [5, 5.41) is 22.3. The average Bonchev–Trinajstić information content (AvgIpc) is 2.92. The van der Waals surface area contributed by atoms with E-state index in [2.05, 4.69) is 20.9 Å². The zero-order valence-electron chi connectivity index (χ0n) is 11.2. The number of aromatic nitrogens is 3. The molecule has 1 heterocycles. The summed E-state index contributed by atoms with van der Waals surface area (Å²) in [6.07, 6.45) is 2.80. The summed E-state index contributed by atoms with van der Waals surface area (Å²) >= 11 is 0. The third kappa shape index (κ3) is 4.06. The largest absolute Gasteiger partial charge is 0.389 e. The number of benzene rings is 1. The Morgan fingerprint density at radius 3 is 2.75 bits per heavy atom. The first kappa shape index (κ1) is 14.0. The number of aliphatic hydroxyl groups excluding tert-OH is 1. The molecule has 2 rings (SSSR count). The zero-order chi connectivity index (χ0) is 14.4. The van der Waals surface area contributed by atoms with E-state index in [4.69, 9.17) is 0 Å². The highest BCUT2D eigenvalue weighted by Crippen LogP contribution is 2.15. The first-order valence-electron chi connectivity index (χ1n) is 6.32. The van der Waals surface area contributed by atoms with Crippen molar-refractivity contribution in [1.29, 1.82) is 0 Å². The Labute approximate surface area is 116 Å². The molecule has 7 heteroatoms. The molecule has 1 unspecified atom stereocenters. The Kier molecular flexibility index (Phi) is 4.67. The molecule has 1 aromatic heterocycles. The Bertz CT molecular complexity index is 536. The number of hydrogen-bond donors (Lipinski definition) is 3. The lowest BCUT2D eigenvalue weighted by atomic mass is 10.1. The fraction of sp³-hybridized carbons (Fsp3) is 0.308. The number of carbonyl (C=O) groups excluding carboxylic acids is 1. The van der Waals surface area contributed by atoms with Crippen molar-refractivity contribution in [2.75, 3.05) is 11.9 Å². The van der Waals surface area contributed by atoms with E-state index in [0.717, 1.165) is 5.56 Å². The molecule has 20 heavy (non-hydrogen) atoms. The molecule has 1 atom stereocenters. The predicted molar refractivity (Wildman–Crippen MR) is 74.1 cm³/mol. The van der Waals surface area contributed by atoms with Crippen LogP contribution in [0.15, 0.2) is 36.7 Å². The van der Waals surface area contributed by atoms with Gasteiger partial charge in [-0.15, -0.1) is 5.10 Å². The Morgan fingerprint density at radius 1 is 1.40 bits per heavy atom. The van der Waals surface area contributed by atoms with E-state index in [0.29, 0.717) is 18.8 Å². The second-order valence-electron chi connectivity index (χ2n) is 4.35. The van der Waals surface area contributed by atoms with Gasteiger partial charge in [-0.2, -0.15) is 0 Å². The first-order valence-corrected chi connectivity index (χ1v) is 6.32. The number of rotatable bonds is 5. The van der Waals surface area contributed by atoms with E-state index in [-0.39, 0.29) is 6.03 Å². The Hall–Kier alpha value is -2.41. The van der Waals surface area contributed by atoms with Crippen LogP contribution in [-0.4, -0.2) is 32.7 Å². The molecule has 2 aromatic rings. The summed E-state index contributed by atoms with van der Waals surface area (Å²) in [6, 6.07) is 6.76. The molecule has 2 amide bonds. The number of nitrogens with zero attached hydrogens (tertiary/aromatic N) is 3. The number of nitrogens with one attached hydrogen (secondary N) is 2. The molecule has 0 aliphatic heterocycles. The molecular formula is C13H17N5O2. The van der Waals surface area contributed by atoms with Crippen LogP contribution in [0.2, 0.25) is 0 Å². The maximum Gasteiger partial charge on any atom is 0.319 e. The Morgan fingerprint density at radius 2 is 2.15 bits per heavy atom. The van der Waals surface area contributed by atoms with Crippen molar-refractivity contribution in [3.8, 4) is 0 Å². The van der Waals surface area contributed by atoms with Crippen LogP contribution in [0.3, 0.4) is 0 Å². The van der Waals surface area contributed by atoms with Gasteiger partial charge in [0, 0.05) is 18.4 Å². The average molecular weight is 275 g/mol. The maximum atomic E-state index is 11.6. The third-order valence-electron chi connectivity index (χ3n) is 2.75. The fourth-order valence-electron chi connectivity index (χ4n) is 1.66. The van der Waals surface area contributed by atoms with Gasteiger partial charge in [0.15, 0.2) is 0 Å². The molecule has 7 nitrogen and oxygen atoms in total. The minimum Gasteiger partial charge on any atom is -0.389 e. The van der Waals surface area contributed by atoms with Crippen LogP contribution in [0, 0.1) is 0 Å². The lowest BCUT2D eigenvalue weighted by molar-refractivity contribution is 0.199. The van der Waals surface area contributed by atoms with Crippen LogP contribution in [-0.2, 0) is 6.54 Å². The minimum absolute atomic E-state index is 0.282. The van der Waals surface area contributed by atoms with E-state index in [9.17, 15) is 9.90 Å². The van der Waals surface area contributed by atoms with Gasteiger partial charge < -0.3 is 15.7 Å². The molecule has 0 spiro atoms. The monoisotopic (exact) mass is 275 g/mol. The van der Waals surface area contributed by atoms with Gasteiger partial charge in [0.05, 0.1) is 18.8 Å². The van der Waals surface area contributed by atoms with Gasteiger partial charge in [-0.3, -0.25) is 4.68 Å². The van der Waals surface area contributed by atoms with Gasteiger partial charge in [0.2, 0.25) is 0 Å². The molecule has 0 saturated heterocycles. The molecule has 0 aliphatic carbocycles. The highest BCUT2D eigenvalue weighted by atomic mass is 16.3. The fourth-order valence-corrected chi connectivity index (χ4v) is 1.66. The molecule has 106 valence electrons. The van der Waals surface area contributed by atoms with E-state index in [1.807, 2.05) is 0 Å². The second kappa shape index (κ2) is 6.67. The van der Waals surface area contributed by atoms with Crippen molar-refractivity contribution in [3.63, 3.8) is 0 Å². The summed E-state index contributed by atoms with van der Waals surface area (Å²) in [5.74, 6) is 0. The van der Waals surface area contributed by atoms with Gasteiger partial charge in [0.1, 0.15) is 0 Å². The molecular weight excluding hydrogens is 258 g/mol. The van der Waals surface area contributed by atoms with Crippen molar-refractivity contribution in [1.82, 2.24) is 20.3 Å². The molecule has 0 bridgehead atoms. The lowest BCUT2D eigenvalue weighted by Crippen LogP contribution is -2.31. The van der Waals surface area contributed by atoms with Crippen molar-refractivity contribution in [2.24, 2.45) is 0 Å². The van der Waals surface area contributed by atoms with Crippen LogP contribution in [0.4, 0.5) is 10.5 Å². The summed E-state index contributed by atoms with van der Waals surface area (Å²) in [5.41, 5.74) is 1.48. The van der Waals surface area contributed by atoms with Gasteiger partial charge in [0.25, 0.3) is 0 Å². The summed E-state index contributed by atoms with van der Waals surface area (Å²) in [4.78, 5) is 11.6. The SMILES string of the molecule is CC(O)c1ccc(NC(=O)NCCn2ccnn2)cc1. The number of amides is 2. The van der Waals surface area contributed by atoms with Gasteiger partial charge in [-0.25, -0.2) is 4.79 Å². The van der Waals surface area contributed by atoms with Crippen molar-refractivity contribution in [2.45, 2.75) is 19.6 Å². The number of hydrogen-bond acceptors (Lipinski definition) is 4. The van der Waals surface area contributed by atoms with E-state index >= 15 is 0 Å². The van der Waals surface area contributed by atoms with Crippen LogP contribution in [0.25, 0.3) is 0 Å². The van der Waals surface area contributed by atoms with Crippen molar-refractivity contribution >= 4 is 11.7 Å². The van der Waals surface area contributed by atoms with E-state index in [1.54, 1.807) is 48.3 Å². The predicted octanol–water partition coefficient (Wildman–Crippen LogP) is 1.15. The molecule has 0 saturated carbocycles. The molecule has 0 aliphatic rings. The topological polar surface area (TPSA) is 92.1 Å². The minimum atomic E-state index is -0.513. The maximum absolute atomic E-state index is 11.6. The normalized spacial score (nSPS) is 11.9. The third-order valence-corrected chi connectivity index (χ3v) is 2.75. The van der Waals surface area contributed by atoms with Crippen LogP contribution in [0.1, 0.15) is 18.6 Å². The van der Waals surface area contributed by atoms with E-state index < -0.39 is 6.10 Å². The molecule has 0 radical (unpaired) electrons. The number of carbonyl (C=O) groups is 1. The molecule has 3 N–H and O–H groups in total. The highest BCUT2D eigenvalue weighted by Gasteiger charge is 2.03. The standard InChI is InChI=1S/C13H17N5O2/c1-10(19)11-2-4-12(5-3-11)16-13(20)14-6-8-18-9-7-15-17-18/h2-5,7,9-10,19H,6,8H2,1H3,(H2,14,16,20).